The van der Waals surface area contributed by atoms with Gasteiger partial charge in [0.2, 0.25) is 0 Å². The molecular weight excluding hydrogens is 288 g/mol. The van der Waals surface area contributed by atoms with Gasteiger partial charge in [-0.2, -0.15) is 10.5 Å². The van der Waals surface area contributed by atoms with Gasteiger partial charge >= 0.3 is 0 Å². The van der Waals surface area contributed by atoms with Gasteiger partial charge in [0, 0.05) is 0 Å². The molecule has 0 N–H and O–H groups in total. The second-order valence-corrected chi connectivity index (χ2v) is 6.26. The van der Waals surface area contributed by atoms with E-state index in [1.54, 1.807) is 17.2 Å². The van der Waals surface area contributed by atoms with Crippen LogP contribution in [0.2, 0.25) is 0 Å². The predicted octanol–water partition coefficient (Wildman–Crippen LogP) is 3.15. The van der Waals surface area contributed by atoms with E-state index in [2.05, 4.69) is 4.99 Å². The van der Waals surface area contributed by atoms with Crippen LogP contribution < -0.4 is 0 Å². The van der Waals surface area contributed by atoms with Crippen LogP contribution in [0.15, 0.2) is 35.3 Å². The summed E-state index contributed by atoms with van der Waals surface area (Å²) in [5.41, 5.74) is 0.520. The lowest BCUT2D eigenvalue weighted by Crippen LogP contribution is -2.43. The van der Waals surface area contributed by atoms with Crippen molar-refractivity contribution in [1.82, 2.24) is 5.06 Å². The standard InChI is InChI=1S/C15H15ClN4O/c1-14(2,3)20-12(11-7-5-4-6-8-11)19-13(21-20)15(16,9-17)10-18/h4-8,12H,1-3H3. The molecule has 2 rings (SSSR count). The Morgan fingerprint density at radius 3 is 2.24 bits per heavy atom. The summed E-state index contributed by atoms with van der Waals surface area (Å²) in [6.45, 7) is 5.86. The van der Waals surface area contributed by atoms with Gasteiger partial charge in [0.1, 0.15) is 12.1 Å². The molecule has 0 saturated heterocycles. The lowest BCUT2D eigenvalue weighted by Gasteiger charge is -2.33. The highest BCUT2D eigenvalue weighted by Crippen LogP contribution is 2.37. The minimum Gasteiger partial charge on any atom is -0.383 e. The molecule has 5 nitrogen and oxygen atoms in total. The van der Waals surface area contributed by atoms with Crippen molar-refractivity contribution in [2.75, 3.05) is 0 Å². The third-order valence-corrected chi connectivity index (χ3v) is 3.34. The lowest BCUT2D eigenvalue weighted by molar-refractivity contribution is -0.152. The van der Waals surface area contributed by atoms with Crippen LogP contribution >= 0.6 is 11.6 Å². The highest BCUT2D eigenvalue weighted by molar-refractivity contribution is 6.39. The van der Waals surface area contributed by atoms with Crippen LogP contribution in [0.1, 0.15) is 32.5 Å². The maximum atomic E-state index is 9.11. The average molecular weight is 303 g/mol. The molecule has 1 aromatic carbocycles. The first-order valence-electron chi connectivity index (χ1n) is 6.44. The summed E-state index contributed by atoms with van der Waals surface area (Å²) in [5, 5.41) is 19.9. The zero-order valence-corrected chi connectivity index (χ0v) is 12.8. The molecule has 0 aliphatic carbocycles. The first-order chi connectivity index (χ1) is 9.81. The maximum absolute atomic E-state index is 9.11. The first-order valence-corrected chi connectivity index (χ1v) is 6.81. The summed E-state index contributed by atoms with van der Waals surface area (Å²) in [6, 6.07) is 13.0. The van der Waals surface area contributed by atoms with E-state index in [1.807, 2.05) is 51.1 Å². The summed E-state index contributed by atoms with van der Waals surface area (Å²) in [7, 11) is 0. The minimum atomic E-state index is -1.91. The molecule has 1 aliphatic rings. The molecule has 0 bridgehead atoms. The van der Waals surface area contributed by atoms with Crippen molar-refractivity contribution in [2.24, 2.45) is 4.99 Å². The average Bonchev–Trinajstić information content (AvgIpc) is 2.93. The molecule has 1 aromatic rings. The van der Waals surface area contributed by atoms with Crippen LogP contribution in [0.5, 0.6) is 0 Å². The normalized spacial score (nSPS) is 19.3. The van der Waals surface area contributed by atoms with Gasteiger partial charge in [0.25, 0.3) is 10.8 Å². The Hall–Kier alpha value is -2.08. The summed E-state index contributed by atoms with van der Waals surface area (Å²) in [4.78, 5) is 8.10. The van der Waals surface area contributed by atoms with Crippen molar-refractivity contribution in [2.45, 2.75) is 37.4 Å². The summed E-state index contributed by atoms with van der Waals surface area (Å²) in [5.74, 6) is -0.0852. The van der Waals surface area contributed by atoms with Crippen molar-refractivity contribution in [3.05, 3.63) is 35.9 Å². The Bertz CT molecular complexity index is 622. The number of hydrogen-bond donors (Lipinski definition) is 0. The van der Waals surface area contributed by atoms with Gasteiger partial charge in [0.15, 0.2) is 6.17 Å². The van der Waals surface area contributed by atoms with Crippen LogP contribution in [0.4, 0.5) is 0 Å². The van der Waals surface area contributed by atoms with Gasteiger partial charge in [-0.15, -0.1) is 5.06 Å². The van der Waals surface area contributed by atoms with Crippen molar-refractivity contribution in [3.8, 4) is 12.1 Å². The Kier molecular flexibility index (Phi) is 3.91. The van der Waals surface area contributed by atoms with Crippen LogP contribution in [-0.2, 0) is 4.84 Å². The molecule has 0 radical (unpaired) electrons. The number of nitrogens with zero attached hydrogens (tertiary/aromatic N) is 4. The first kappa shape index (κ1) is 15.3. The van der Waals surface area contributed by atoms with Crippen molar-refractivity contribution in [1.29, 1.82) is 10.5 Å². The molecule has 0 amide bonds. The van der Waals surface area contributed by atoms with E-state index in [9.17, 15) is 0 Å². The molecule has 0 aromatic heterocycles. The second kappa shape index (κ2) is 5.37. The molecular formula is C15H15ClN4O. The van der Waals surface area contributed by atoms with Crippen LogP contribution in [-0.4, -0.2) is 21.4 Å². The molecule has 1 unspecified atom stereocenters. The van der Waals surface area contributed by atoms with Gasteiger partial charge in [-0.1, -0.05) is 41.9 Å². The van der Waals surface area contributed by atoms with Gasteiger partial charge in [-0.05, 0) is 26.3 Å². The number of nitriles is 2. The Morgan fingerprint density at radius 1 is 1.19 bits per heavy atom. The zero-order chi connectivity index (χ0) is 15.7. The van der Waals surface area contributed by atoms with E-state index in [4.69, 9.17) is 27.0 Å². The zero-order valence-electron chi connectivity index (χ0n) is 12.0. The number of rotatable bonds is 2. The molecule has 1 heterocycles. The molecule has 21 heavy (non-hydrogen) atoms. The molecule has 1 atom stereocenters. The predicted molar refractivity (Wildman–Crippen MR) is 79.1 cm³/mol. The maximum Gasteiger partial charge on any atom is 0.292 e. The highest BCUT2D eigenvalue weighted by Gasteiger charge is 2.47. The van der Waals surface area contributed by atoms with Gasteiger partial charge < -0.3 is 4.84 Å². The monoisotopic (exact) mass is 302 g/mol. The number of hydrogen-bond acceptors (Lipinski definition) is 5. The summed E-state index contributed by atoms with van der Waals surface area (Å²) in [6.07, 6.45) is -0.443. The van der Waals surface area contributed by atoms with Crippen molar-refractivity contribution >= 4 is 17.5 Å². The van der Waals surface area contributed by atoms with Crippen LogP contribution in [0.3, 0.4) is 0 Å². The summed E-state index contributed by atoms with van der Waals surface area (Å²) < 4.78 is 0. The Labute approximate surface area is 129 Å². The molecule has 0 saturated carbocycles. The topological polar surface area (TPSA) is 72.4 Å². The van der Waals surface area contributed by atoms with Gasteiger partial charge in [0.05, 0.1) is 5.54 Å². The largest absolute Gasteiger partial charge is 0.383 e. The fourth-order valence-electron chi connectivity index (χ4n) is 1.94. The van der Waals surface area contributed by atoms with Crippen molar-refractivity contribution in [3.63, 3.8) is 0 Å². The van der Waals surface area contributed by atoms with Crippen molar-refractivity contribution < 1.29 is 4.84 Å². The lowest BCUT2D eigenvalue weighted by atomic mass is 10.1. The van der Waals surface area contributed by atoms with Gasteiger partial charge in [-0.25, -0.2) is 4.99 Å². The highest BCUT2D eigenvalue weighted by atomic mass is 35.5. The Balaban J connectivity index is 2.47. The van der Waals surface area contributed by atoms with E-state index in [1.165, 1.54) is 0 Å². The number of halogens is 1. The number of alkyl halides is 1. The summed E-state index contributed by atoms with van der Waals surface area (Å²) >= 11 is 5.98. The molecule has 0 spiro atoms. The quantitative estimate of drug-likeness (QED) is 0.787. The fraction of sp³-hybridized carbons (Fsp3) is 0.400. The minimum absolute atomic E-state index is 0.0852. The SMILES string of the molecule is CC(C)(C)N1OC(C(Cl)(C#N)C#N)=NC1c1ccccc1. The van der Waals surface area contributed by atoms with Crippen LogP contribution in [0.25, 0.3) is 0 Å². The number of aliphatic imine (C=N–C) groups is 1. The molecule has 0 fully saturated rings. The fourth-order valence-corrected chi connectivity index (χ4v) is 2.02. The third-order valence-electron chi connectivity index (χ3n) is 3.01. The van der Waals surface area contributed by atoms with E-state index >= 15 is 0 Å². The van der Waals surface area contributed by atoms with E-state index in [0.717, 1.165) is 5.56 Å². The van der Waals surface area contributed by atoms with E-state index < -0.39 is 11.0 Å². The van der Waals surface area contributed by atoms with E-state index in [-0.39, 0.29) is 11.4 Å². The molecule has 108 valence electrons. The second-order valence-electron chi connectivity index (χ2n) is 5.69. The molecule has 6 heteroatoms. The number of benzene rings is 1. The smallest absolute Gasteiger partial charge is 0.292 e. The Morgan fingerprint density at radius 2 is 1.76 bits per heavy atom. The third kappa shape index (κ3) is 2.85. The molecule has 1 aliphatic heterocycles. The number of hydroxylamine groups is 2. The van der Waals surface area contributed by atoms with Gasteiger partial charge in [-0.3, -0.25) is 0 Å². The van der Waals surface area contributed by atoms with Crippen LogP contribution in [0, 0.1) is 22.7 Å². The van der Waals surface area contributed by atoms with E-state index in [0.29, 0.717) is 0 Å².